The van der Waals surface area contributed by atoms with Crippen molar-refractivity contribution < 1.29 is 5.03 Å². The molecule has 0 unspecified atom stereocenters. The first kappa shape index (κ1) is 15.5. The number of nitrogens with zero attached hydrogens (tertiary/aromatic N) is 6. The predicted octanol–water partition coefficient (Wildman–Crippen LogP) is 2.21. The number of nitriles is 2. The molecule has 1 aliphatic carbocycles. The van der Waals surface area contributed by atoms with Gasteiger partial charge < -0.3 is 4.98 Å². The minimum Gasteiger partial charge on any atom is -0.341 e. The first-order valence-electron chi connectivity index (χ1n) is 6.71. The van der Waals surface area contributed by atoms with Gasteiger partial charge in [0.15, 0.2) is 16.4 Å². The van der Waals surface area contributed by atoms with Crippen LogP contribution >= 0.6 is 0 Å². The first-order valence-corrected chi connectivity index (χ1v) is 6.71. The lowest BCUT2D eigenvalue weighted by atomic mass is 10.2. The molecular formula is C14H7N9O2. The third kappa shape index (κ3) is 2.69. The van der Waals surface area contributed by atoms with E-state index in [1.165, 1.54) is 0 Å². The van der Waals surface area contributed by atoms with Gasteiger partial charge in [0.1, 0.15) is 17.8 Å². The van der Waals surface area contributed by atoms with Crippen molar-refractivity contribution in [1.29, 1.82) is 15.9 Å². The van der Waals surface area contributed by atoms with Crippen LogP contribution in [0.15, 0.2) is 34.5 Å². The quantitative estimate of drug-likeness (QED) is 0.212. The zero-order valence-corrected chi connectivity index (χ0v) is 12.3. The number of aromatic amines is 1. The Bertz CT molecular complexity index is 1100. The van der Waals surface area contributed by atoms with Crippen LogP contribution in [0.1, 0.15) is 11.4 Å². The molecule has 0 amide bonds. The fourth-order valence-corrected chi connectivity index (χ4v) is 2.34. The molecule has 0 radical (unpaired) electrons. The molecule has 3 rings (SSSR count). The number of hydrogen-bond acceptors (Lipinski definition) is 7. The Morgan fingerprint density at radius 3 is 2.68 bits per heavy atom. The smallest absolute Gasteiger partial charge is 0.296 e. The van der Waals surface area contributed by atoms with Crippen LogP contribution in [0.5, 0.6) is 0 Å². The Kier molecular flexibility index (Phi) is 3.73. The number of rotatable bonds is 2. The lowest BCUT2D eigenvalue weighted by Crippen LogP contribution is -2.26. The van der Waals surface area contributed by atoms with Gasteiger partial charge in [-0.25, -0.2) is 15.1 Å². The summed E-state index contributed by atoms with van der Waals surface area (Å²) in [6.07, 6.45) is 0. The van der Waals surface area contributed by atoms with Crippen molar-refractivity contribution in [2.75, 3.05) is 0 Å². The highest BCUT2D eigenvalue weighted by Gasteiger charge is 2.22. The van der Waals surface area contributed by atoms with Crippen molar-refractivity contribution in [1.82, 2.24) is 15.4 Å². The highest BCUT2D eigenvalue weighted by Crippen LogP contribution is 2.42. The average molecular weight is 333 g/mol. The number of guanidine groups is 1. The van der Waals surface area contributed by atoms with Gasteiger partial charge in [0.25, 0.3) is 5.96 Å². The Morgan fingerprint density at radius 1 is 1.32 bits per heavy atom. The lowest BCUT2D eigenvalue weighted by Gasteiger charge is -2.03. The molecular weight excluding hydrogens is 326 g/mol. The second-order valence-corrected chi connectivity index (χ2v) is 4.72. The second kappa shape index (κ2) is 6.02. The summed E-state index contributed by atoms with van der Waals surface area (Å²) in [6.45, 7) is 0. The van der Waals surface area contributed by atoms with Gasteiger partial charge in [0.05, 0.1) is 11.4 Å². The zero-order chi connectivity index (χ0) is 18.0. The Morgan fingerprint density at radius 2 is 2.04 bits per heavy atom. The predicted molar refractivity (Wildman–Crippen MR) is 84.5 cm³/mol. The van der Waals surface area contributed by atoms with Crippen molar-refractivity contribution in [3.05, 3.63) is 45.8 Å². The van der Waals surface area contributed by atoms with Crippen molar-refractivity contribution in [3.8, 4) is 23.5 Å². The van der Waals surface area contributed by atoms with Gasteiger partial charge in [-0.15, -0.1) is 10.2 Å². The Hall–Kier alpha value is -4.38. The van der Waals surface area contributed by atoms with Crippen LogP contribution in [0.25, 0.3) is 22.2 Å². The van der Waals surface area contributed by atoms with Gasteiger partial charge in [-0.2, -0.15) is 10.5 Å². The largest absolute Gasteiger partial charge is 0.341 e. The molecule has 11 nitrogen and oxygen atoms in total. The molecule has 0 spiro atoms. The van der Waals surface area contributed by atoms with Gasteiger partial charge in [-0.05, 0) is 0 Å². The molecule has 0 bridgehead atoms. The van der Waals surface area contributed by atoms with Crippen LogP contribution in [-0.4, -0.2) is 21.0 Å². The van der Waals surface area contributed by atoms with Crippen LogP contribution in [0.2, 0.25) is 0 Å². The molecule has 3 N–H and O–H groups in total. The summed E-state index contributed by atoms with van der Waals surface area (Å²) in [5.74, 6) is -0.759. The first-order chi connectivity index (χ1) is 12.0. The van der Waals surface area contributed by atoms with Crippen LogP contribution < -0.4 is 5.43 Å². The standard InChI is InChI=1S/C14H7N9O2/c15-5-9-10(6-16)19-13-11(18-9)7-3-1-2-4-8(7)12(13)20-21-14(17)22-23(24)25/h1-4,19H,(H2,17,22). The van der Waals surface area contributed by atoms with E-state index >= 15 is 0 Å². The van der Waals surface area contributed by atoms with E-state index in [1.54, 1.807) is 29.7 Å². The monoisotopic (exact) mass is 333 g/mol. The van der Waals surface area contributed by atoms with E-state index in [-0.39, 0.29) is 17.1 Å². The van der Waals surface area contributed by atoms with Gasteiger partial charge in [-0.3, -0.25) is 5.41 Å². The van der Waals surface area contributed by atoms with Crippen molar-refractivity contribution in [2.45, 2.75) is 0 Å². The number of hydrazine groups is 1. The highest BCUT2D eigenvalue weighted by atomic mass is 16.7. The number of benzene rings is 1. The molecule has 0 saturated heterocycles. The summed E-state index contributed by atoms with van der Waals surface area (Å²) >= 11 is 0. The number of H-pyrrole nitrogens is 1. The van der Waals surface area contributed by atoms with Gasteiger partial charge in [-0.1, -0.05) is 29.7 Å². The maximum Gasteiger partial charge on any atom is 0.296 e. The van der Waals surface area contributed by atoms with Crippen LogP contribution in [0.3, 0.4) is 0 Å². The summed E-state index contributed by atoms with van der Waals surface area (Å²) in [4.78, 5) is 17.3. The van der Waals surface area contributed by atoms with Gasteiger partial charge in [0.2, 0.25) is 0 Å². The second-order valence-electron chi connectivity index (χ2n) is 4.72. The average Bonchev–Trinajstić information content (AvgIpc) is 2.91. The molecule has 25 heavy (non-hydrogen) atoms. The van der Waals surface area contributed by atoms with E-state index in [2.05, 4.69) is 20.2 Å². The van der Waals surface area contributed by atoms with Crippen LogP contribution in [0.4, 0.5) is 5.69 Å². The Balaban J connectivity index is 2.25. The van der Waals surface area contributed by atoms with E-state index < -0.39 is 11.0 Å². The SMILES string of the molecule is N#Cc1nc2c3ccccc3c(N=NC(=N)N[N+](=O)[O-])c-2[nH]c1C#N. The Labute approximate surface area is 139 Å². The molecule has 120 valence electrons. The molecule has 0 aromatic heterocycles. The number of azo groups is 1. The molecule has 1 heterocycles. The minimum absolute atomic E-state index is 0.0414. The summed E-state index contributed by atoms with van der Waals surface area (Å²) in [5.41, 5.74) is 2.48. The summed E-state index contributed by atoms with van der Waals surface area (Å²) in [7, 11) is 0. The fraction of sp³-hybridized carbons (Fsp3) is 0. The minimum atomic E-state index is -0.927. The lowest BCUT2D eigenvalue weighted by molar-refractivity contribution is -0.525. The molecule has 11 heteroatoms. The number of fused-ring (bicyclic) bond motifs is 3. The number of hydrogen-bond donors (Lipinski definition) is 3. The molecule has 2 aliphatic rings. The van der Waals surface area contributed by atoms with E-state index in [4.69, 9.17) is 15.9 Å². The summed E-state index contributed by atoms with van der Waals surface area (Å²) in [6, 6.07) is 10.7. The molecule has 1 aromatic rings. The van der Waals surface area contributed by atoms with E-state index in [1.807, 2.05) is 12.1 Å². The molecule has 1 aromatic carbocycles. The fourth-order valence-electron chi connectivity index (χ4n) is 2.34. The van der Waals surface area contributed by atoms with E-state index in [0.29, 0.717) is 22.2 Å². The van der Waals surface area contributed by atoms with Gasteiger partial charge in [0, 0.05) is 10.8 Å². The van der Waals surface area contributed by atoms with Crippen molar-refractivity contribution in [3.63, 3.8) is 0 Å². The topological polar surface area (TPSA) is 180 Å². The molecule has 1 aliphatic heterocycles. The highest BCUT2D eigenvalue weighted by molar-refractivity contribution is 6.10. The van der Waals surface area contributed by atoms with Crippen LogP contribution in [-0.2, 0) is 0 Å². The van der Waals surface area contributed by atoms with Gasteiger partial charge >= 0.3 is 0 Å². The summed E-state index contributed by atoms with van der Waals surface area (Å²) in [5, 5.41) is 43.6. The third-order valence-corrected chi connectivity index (χ3v) is 3.29. The molecule has 0 atom stereocenters. The molecule has 0 fully saturated rings. The summed E-state index contributed by atoms with van der Waals surface area (Å²) < 4.78 is 0. The maximum absolute atomic E-state index is 10.3. The van der Waals surface area contributed by atoms with Crippen molar-refractivity contribution >= 4 is 22.4 Å². The normalized spacial score (nSPS) is 10.6. The third-order valence-electron chi connectivity index (χ3n) is 3.29. The number of nitro groups is 1. The number of nitrogens with one attached hydrogen (secondary N) is 3. The zero-order valence-electron chi connectivity index (χ0n) is 12.3. The van der Waals surface area contributed by atoms with Crippen molar-refractivity contribution in [2.24, 2.45) is 10.2 Å². The number of aromatic nitrogens is 2. The van der Waals surface area contributed by atoms with E-state index in [0.717, 1.165) is 0 Å². The van der Waals surface area contributed by atoms with E-state index in [9.17, 15) is 10.1 Å². The molecule has 0 saturated carbocycles. The maximum atomic E-state index is 10.3. The van der Waals surface area contributed by atoms with Crippen LogP contribution in [0, 0.1) is 38.2 Å².